The van der Waals surface area contributed by atoms with Crippen molar-refractivity contribution in [2.75, 3.05) is 23.7 Å². The number of benzene rings is 2. The highest BCUT2D eigenvalue weighted by atomic mass is 32.2. The molecule has 208 valence electrons. The van der Waals surface area contributed by atoms with Gasteiger partial charge in [-0.25, -0.2) is 12.8 Å². The minimum Gasteiger partial charge on any atom is -0.494 e. The van der Waals surface area contributed by atoms with Gasteiger partial charge in [0.25, 0.3) is 0 Å². The largest absolute Gasteiger partial charge is 0.494 e. The Kier molecular flexibility index (Phi) is 10.5. The van der Waals surface area contributed by atoms with Gasteiger partial charge in [-0.2, -0.15) is 0 Å². The predicted molar refractivity (Wildman–Crippen MR) is 146 cm³/mol. The van der Waals surface area contributed by atoms with E-state index < -0.39 is 21.9 Å². The van der Waals surface area contributed by atoms with Crippen LogP contribution in [0.1, 0.15) is 57.9 Å². The van der Waals surface area contributed by atoms with Gasteiger partial charge in [-0.05, 0) is 63.4 Å². The van der Waals surface area contributed by atoms with Crippen LogP contribution in [0.15, 0.2) is 48.5 Å². The lowest BCUT2D eigenvalue weighted by molar-refractivity contribution is -0.141. The standard InChI is InChI=1S/C28H38FN3O5S/c1-4-37-25-17-15-24(16-18-25)32(38(3,35)36)19-9-14-27(33)31(20-22-10-5-8-13-26(22)29)21(2)28(34)30-23-11-6-7-12-23/h5,8,10,13,15-18,21,23H,4,6-7,9,11-12,14,19-20H2,1-3H3,(H,30,34). The van der Waals surface area contributed by atoms with E-state index in [1.165, 1.54) is 15.3 Å². The molecule has 1 unspecified atom stereocenters. The maximum Gasteiger partial charge on any atom is 0.242 e. The fourth-order valence-electron chi connectivity index (χ4n) is 4.66. The Hall–Kier alpha value is -3.14. The minimum absolute atomic E-state index is 0.00144. The van der Waals surface area contributed by atoms with Crippen molar-refractivity contribution in [1.29, 1.82) is 0 Å². The zero-order valence-corrected chi connectivity index (χ0v) is 23.2. The van der Waals surface area contributed by atoms with E-state index in [2.05, 4.69) is 5.32 Å². The zero-order chi connectivity index (χ0) is 27.7. The van der Waals surface area contributed by atoms with Crippen molar-refractivity contribution in [2.45, 2.75) is 71.0 Å². The van der Waals surface area contributed by atoms with Gasteiger partial charge in [-0.15, -0.1) is 0 Å². The van der Waals surface area contributed by atoms with Crippen LogP contribution >= 0.6 is 0 Å². The average Bonchev–Trinajstić information content (AvgIpc) is 3.39. The molecule has 2 aromatic carbocycles. The smallest absolute Gasteiger partial charge is 0.242 e. The average molecular weight is 548 g/mol. The second-order valence-corrected chi connectivity index (χ2v) is 11.6. The first-order valence-electron chi connectivity index (χ1n) is 13.1. The van der Waals surface area contributed by atoms with Gasteiger partial charge in [0, 0.05) is 31.1 Å². The molecule has 8 nitrogen and oxygen atoms in total. The Morgan fingerprint density at radius 3 is 2.37 bits per heavy atom. The normalized spacial score (nSPS) is 14.6. The lowest BCUT2D eigenvalue weighted by Crippen LogP contribution is -2.49. The van der Waals surface area contributed by atoms with E-state index in [0.717, 1.165) is 31.9 Å². The molecule has 0 bridgehead atoms. The summed E-state index contributed by atoms with van der Waals surface area (Å²) in [6, 6.07) is 12.2. The van der Waals surface area contributed by atoms with Crippen molar-refractivity contribution in [3.05, 3.63) is 59.9 Å². The van der Waals surface area contributed by atoms with E-state index >= 15 is 0 Å². The molecule has 0 aromatic heterocycles. The van der Waals surface area contributed by atoms with Crippen molar-refractivity contribution in [3.8, 4) is 5.75 Å². The van der Waals surface area contributed by atoms with Gasteiger partial charge in [0.05, 0.1) is 18.6 Å². The molecule has 1 fully saturated rings. The number of halogens is 1. The van der Waals surface area contributed by atoms with Gasteiger partial charge in [-0.1, -0.05) is 31.0 Å². The van der Waals surface area contributed by atoms with Crippen LogP contribution in [0.3, 0.4) is 0 Å². The number of hydrogen-bond acceptors (Lipinski definition) is 5. The van der Waals surface area contributed by atoms with Crippen molar-refractivity contribution >= 4 is 27.5 Å². The first-order chi connectivity index (χ1) is 18.1. The number of nitrogens with one attached hydrogen (secondary N) is 1. The fourth-order valence-corrected chi connectivity index (χ4v) is 5.63. The topological polar surface area (TPSA) is 96.0 Å². The molecule has 1 N–H and O–H groups in total. The summed E-state index contributed by atoms with van der Waals surface area (Å²) >= 11 is 0. The highest BCUT2D eigenvalue weighted by molar-refractivity contribution is 7.92. The van der Waals surface area contributed by atoms with Gasteiger partial charge in [0.1, 0.15) is 17.6 Å². The van der Waals surface area contributed by atoms with Crippen LogP contribution in [0.25, 0.3) is 0 Å². The van der Waals surface area contributed by atoms with Crippen LogP contribution in [0.2, 0.25) is 0 Å². The van der Waals surface area contributed by atoms with Crippen LogP contribution < -0.4 is 14.4 Å². The molecule has 3 rings (SSSR count). The number of ether oxygens (including phenoxy) is 1. The van der Waals surface area contributed by atoms with Crippen molar-refractivity contribution in [2.24, 2.45) is 0 Å². The van der Waals surface area contributed by atoms with E-state index in [9.17, 15) is 22.4 Å². The first kappa shape index (κ1) is 29.4. The number of rotatable bonds is 13. The summed E-state index contributed by atoms with van der Waals surface area (Å²) in [6.07, 6.45) is 5.28. The van der Waals surface area contributed by atoms with Gasteiger partial charge < -0.3 is 15.0 Å². The Morgan fingerprint density at radius 1 is 1.11 bits per heavy atom. The van der Waals surface area contributed by atoms with Gasteiger partial charge in [0.15, 0.2) is 0 Å². The molecule has 1 saturated carbocycles. The monoisotopic (exact) mass is 547 g/mol. The summed E-state index contributed by atoms with van der Waals surface area (Å²) in [5, 5.41) is 3.02. The van der Waals surface area contributed by atoms with Crippen molar-refractivity contribution < 1.29 is 27.1 Å². The third kappa shape index (κ3) is 8.18. The molecular weight excluding hydrogens is 509 g/mol. The summed E-state index contributed by atoms with van der Waals surface area (Å²) < 4.78 is 46.1. The summed E-state index contributed by atoms with van der Waals surface area (Å²) in [4.78, 5) is 27.7. The highest BCUT2D eigenvalue weighted by Gasteiger charge is 2.29. The van der Waals surface area contributed by atoms with Crippen LogP contribution in [0.5, 0.6) is 5.75 Å². The zero-order valence-electron chi connectivity index (χ0n) is 22.4. The first-order valence-corrected chi connectivity index (χ1v) is 15.0. The lowest BCUT2D eigenvalue weighted by atomic mass is 10.1. The van der Waals surface area contributed by atoms with Crippen molar-refractivity contribution in [3.63, 3.8) is 0 Å². The molecule has 0 heterocycles. The number of hydrogen-bond donors (Lipinski definition) is 1. The third-order valence-electron chi connectivity index (χ3n) is 6.76. The Balaban J connectivity index is 1.71. The molecule has 0 spiro atoms. The molecule has 38 heavy (non-hydrogen) atoms. The third-order valence-corrected chi connectivity index (χ3v) is 7.95. The van der Waals surface area contributed by atoms with Gasteiger partial charge in [-0.3, -0.25) is 13.9 Å². The quantitative estimate of drug-likeness (QED) is 0.405. The molecule has 0 radical (unpaired) electrons. The number of sulfonamides is 1. The van der Waals surface area contributed by atoms with Gasteiger partial charge in [0.2, 0.25) is 21.8 Å². The molecular formula is C28H38FN3O5S. The Labute approximate surface area is 225 Å². The highest BCUT2D eigenvalue weighted by Crippen LogP contribution is 2.23. The molecule has 1 aliphatic carbocycles. The van der Waals surface area contributed by atoms with E-state index in [1.54, 1.807) is 49.4 Å². The fraction of sp³-hybridized carbons (Fsp3) is 0.500. The lowest BCUT2D eigenvalue weighted by Gasteiger charge is -2.30. The molecule has 2 amide bonds. The van der Waals surface area contributed by atoms with Gasteiger partial charge >= 0.3 is 0 Å². The van der Waals surface area contributed by atoms with Crippen molar-refractivity contribution in [1.82, 2.24) is 10.2 Å². The number of carbonyl (C=O) groups excluding carboxylic acids is 2. The molecule has 1 atom stereocenters. The SMILES string of the molecule is CCOc1ccc(N(CCCC(=O)N(Cc2ccccc2F)C(C)C(=O)NC2CCCC2)S(C)(=O)=O)cc1. The second kappa shape index (κ2) is 13.6. The van der Waals surface area contributed by atoms with Crippen LogP contribution in [0, 0.1) is 5.82 Å². The number of amides is 2. The molecule has 2 aromatic rings. The molecule has 1 aliphatic rings. The summed E-state index contributed by atoms with van der Waals surface area (Å²) in [5.74, 6) is -0.433. The second-order valence-electron chi connectivity index (χ2n) is 9.64. The van der Waals surface area contributed by atoms with E-state index in [0.29, 0.717) is 23.6 Å². The number of carbonyl (C=O) groups is 2. The van der Waals surface area contributed by atoms with E-state index in [1.807, 2.05) is 6.92 Å². The van der Waals surface area contributed by atoms with E-state index in [-0.39, 0.29) is 43.8 Å². The maximum atomic E-state index is 14.4. The summed E-state index contributed by atoms with van der Waals surface area (Å²) in [5.41, 5.74) is 0.782. The number of nitrogens with zero attached hydrogens (tertiary/aromatic N) is 2. The van der Waals surface area contributed by atoms with Crippen LogP contribution in [-0.2, 0) is 26.2 Å². The Bertz CT molecular complexity index is 1180. The van der Waals surface area contributed by atoms with Crippen LogP contribution in [-0.4, -0.2) is 56.6 Å². The molecule has 0 saturated heterocycles. The van der Waals surface area contributed by atoms with Crippen LogP contribution in [0.4, 0.5) is 10.1 Å². The maximum absolute atomic E-state index is 14.4. The summed E-state index contributed by atoms with van der Waals surface area (Å²) in [7, 11) is -3.60. The number of anilines is 1. The Morgan fingerprint density at radius 2 is 1.76 bits per heavy atom. The summed E-state index contributed by atoms with van der Waals surface area (Å²) in [6.45, 7) is 4.03. The van der Waals surface area contributed by atoms with E-state index in [4.69, 9.17) is 4.74 Å². The predicted octanol–water partition coefficient (Wildman–Crippen LogP) is 4.25. The molecule has 0 aliphatic heterocycles. The minimum atomic E-state index is -3.60. The molecule has 10 heteroatoms.